The van der Waals surface area contributed by atoms with Crippen molar-refractivity contribution in [1.29, 1.82) is 0 Å². The van der Waals surface area contributed by atoms with E-state index in [-0.39, 0.29) is 0 Å². The van der Waals surface area contributed by atoms with E-state index in [1.54, 1.807) is 14.2 Å². The quantitative estimate of drug-likeness (QED) is 0.604. The summed E-state index contributed by atoms with van der Waals surface area (Å²) in [6, 6.07) is 5.93. The van der Waals surface area contributed by atoms with Crippen LogP contribution < -0.4 is 10.9 Å². The second-order valence-electron chi connectivity index (χ2n) is 3.32. The molecule has 83 valence electrons. The van der Waals surface area contributed by atoms with E-state index >= 15 is 0 Å². The number of nitrogens with two attached hydrogens (primary N) is 1. The van der Waals surface area contributed by atoms with Crippen molar-refractivity contribution >= 4 is 20.2 Å². The van der Waals surface area contributed by atoms with Crippen molar-refractivity contribution in [1.82, 2.24) is 0 Å². The third-order valence-corrected chi connectivity index (χ3v) is 3.95. The molecule has 0 heterocycles. The molecule has 0 spiro atoms. The molecule has 0 aliphatic heterocycles. The Hall–Kier alpha value is -0.843. The van der Waals surface area contributed by atoms with Gasteiger partial charge in [-0.25, -0.2) is 0 Å². The summed E-state index contributed by atoms with van der Waals surface area (Å²) in [5, 5.41) is 1.13. The molecule has 1 aromatic rings. The smallest absolute Gasteiger partial charge is 0.399 e. The van der Waals surface area contributed by atoms with Gasteiger partial charge in [-0.3, -0.25) is 0 Å². The highest BCUT2D eigenvalue weighted by Gasteiger charge is 2.20. The highest BCUT2D eigenvalue weighted by Crippen LogP contribution is 2.12. The number of anilines is 1. The summed E-state index contributed by atoms with van der Waals surface area (Å²) < 4.78 is 10.7. The molecular formula is C11H18NO2Si. The Bertz CT molecular complexity index is 313. The Morgan fingerprint density at radius 1 is 1.27 bits per heavy atom. The van der Waals surface area contributed by atoms with Gasteiger partial charge in [-0.2, -0.15) is 0 Å². The second kappa shape index (κ2) is 5.90. The van der Waals surface area contributed by atoms with Crippen LogP contribution in [0, 0.1) is 0 Å². The van der Waals surface area contributed by atoms with E-state index in [1.807, 2.05) is 18.2 Å². The lowest BCUT2D eigenvalue weighted by atomic mass is 10.1. The number of benzene rings is 1. The molecule has 0 unspecified atom stereocenters. The molecular weight excluding hydrogens is 206 g/mol. The average Bonchev–Trinajstić information content (AvgIpc) is 2.24. The molecule has 0 atom stereocenters. The molecule has 0 bridgehead atoms. The number of rotatable bonds is 5. The molecule has 15 heavy (non-hydrogen) atoms. The largest absolute Gasteiger partial charge is 0.423 e. The normalized spacial score (nSPS) is 10.9. The number of hydrogen-bond acceptors (Lipinski definition) is 3. The summed E-state index contributed by atoms with van der Waals surface area (Å²) >= 11 is 0. The summed E-state index contributed by atoms with van der Waals surface area (Å²) in [7, 11) is 2.00. The summed E-state index contributed by atoms with van der Waals surface area (Å²) in [5.41, 5.74) is 7.98. The summed E-state index contributed by atoms with van der Waals surface area (Å²) in [6.07, 6.45) is 2.05. The van der Waals surface area contributed by atoms with E-state index < -0.39 is 9.28 Å². The molecule has 0 aliphatic rings. The fraction of sp³-hybridized carbons (Fsp3) is 0.455. The molecule has 2 N–H and O–H groups in total. The van der Waals surface area contributed by atoms with Gasteiger partial charge in [0.25, 0.3) is 0 Å². The average molecular weight is 224 g/mol. The summed E-state index contributed by atoms with van der Waals surface area (Å²) in [6.45, 7) is 2.14. The molecule has 1 radical (unpaired) electrons. The Balaban J connectivity index is 3.09. The van der Waals surface area contributed by atoms with Gasteiger partial charge in [0.2, 0.25) is 0 Å². The van der Waals surface area contributed by atoms with E-state index in [0.717, 1.165) is 23.7 Å². The molecule has 4 heteroatoms. The fourth-order valence-corrected chi connectivity index (χ4v) is 2.98. The van der Waals surface area contributed by atoms with Gasteiger partial charge in [0, 0.05) is 25.1 Å². The van der Waals surface area contributed by atoms with Crippen LogP contribution in [0.5, 0.6) is 0 Å². The zero-order chi connectivity index (χ0) is 11.3. The van der Waals surface area contributed by atoms with Crippen LogP contribution in [-0.4, -0.2) is 23.5 Å². The molecule has 0 aliphatic carbocycles. The van der Waals surface area contributed by atoms with Crippen LogP contribution in [0.15, 0.2) is 18.2 Å². The molecule has 0 fully saturated rings. The summed E-state index contributed by atoms with van der Waals surface area (Å²) in [5.74, 6) is 0. The maximum atomic E-state index is 5.96. The standard InChI is InChI=1S/C11H18NO2Si/c1-4-6-9-10(12)7-5-8-11(9)15(13-2)14-3/h5,7-8H,4,6,12H2,1-3H3. The van der Waals surface area contributed by atoms with E-state index in [9.17, 15) is 0 Å². The van der Waals surface area contributed by atoms with Gasteiger partial charge in [-0.15, -0.1) is 0 Å². The molecule has 0 aromatic heterocycles. The van der Waals surface area contributed by atoms with Crippen molar-refractivity contribution in [3.8, 4) is 0 Å². The molecule has 1 rings (SSSR count). The lowest BCUT2D eigenvalue weighted by Crippen LogP contribution is -2.37. The second-order valence-corrected chi connectivity index (χ2v) is 5.25. The van der Waals surface area contributed by atoms with Gasteiger partial charge in [0.1, 0.15) is 0 Å². The minimum absolute atomic E-state index is 0.839. The molecule has 0 amide bonds. The minimum Gasteiger partial charge on any atom is -0.399 e. The topological polar surface area (TPSA) is 44.5 Å². The molecule has 0 saturated heterocycles. The number of hydrogen-bond donors (Lipinski definition) is 1. The van der Waals surface area contributed by atoms with E-state index in [2.05, 4.69) is 6.92 Å². The van der Waals surface area contributed by atoms with Crippen molar-refractivity contribution in [3.05, 3.63) is 23.8 Å². The first-order valence-electron chi connectivity index (χ1n) is 5.07. The predicted molar refractivity (Wildman–Crippen MR) is 64.3 cm³/mol. The van der Waals surface area contributed by atoms with Crippen LogP contribution in [0.25, 0.3) is 0 Å². The highest BCUT2D eigenvalue weighted by molar-refractivity contribution is 6.62. The van der Waals surface area contributed by atoms with E-state index in [0.29, 0.717) is 0 Å². The molecule has 0 saturated carbocycles. The zero-order valence-corrected chi connectivity index (χ0v) is 10.5. The van der Waals surface area contributed by atoms with Gasteiger partial charge >= 0.3 is 9.28 Å². The van der Waals surface area contributed by atoms with Gasteiger partial charge in [0.15, 0.2) is 0 Å². The van der Waals surface area contributed by atoms with Gasteiger partial charge < -0.3 is 14.6 Å². The minimum atomic E-state index is -1.35. The van der Waals surface area contributed by atoms with Crippen LogP contribution in [-0.2, 0) is 15.3 Å². The van der Waals surface area contributed by atoms with Crippen molar-refractivity contribution in [2.75, 3.05) is 20.0 Å². The Morgan fingerprint density at radius 2 is 1.93 bits per heavy atom. The third-order valence-electron chi connectivity index (χ3n) is 2.30. The van der Waals surface area contributed by atoms with Gasteiger partial charge in [-0.1, -0.05) is 25.5 Å². The lowest BCUT2D eigenvalue weighted by molar-refractivity contribution is 0.291. The third kappa shape index (κ3) is 2.81. The van der Waals surface area contributed by atoms with E-state index in [1.165, 1.54) is 5.56 Å². The van der Waals surface area contributed by atoms with Crippen LogP contribution in [0.3, 0.4) is 0 Å². The van der Waals surface area contributed by atoms with Crippen LogP contribution in [0.1, 0.15) is 18.9 Å². The first-order valence-corrected chi connectivity index (χ1v) is 6.38. The maximum Gasteiger partial charge on any atom is 0.423 e. The van der Waals surface area contributed by atoms with Crippen LogP contribution >= 0.6 is 0 Å². The van der Waals surface area contributed by atoms with Gasteiger partial charge in [0.05, 0.1) is 0 Å². The van der Waals surface area contributed by atoms with Crippen molar-refractivity contribution in [2.24, 2.45) is 0 Å². The summed E-state index contributed by atoms with van der Waals surface area (Å²) in [4.78, 5) is 0. The molecule has 3 nitrogen and oxygen atoms in total. The molecule has 1 aromatic carbocycles. The van der Waals surface area contributed by atoms with Crippen molar-refractivity contribution in [2.45, 2.75) is 19.8 Å². The van der Waals surface area contributed by atoms with Crippen LogP contribution in [0.4, 0.5) is 5.69 Å². The highest BCUT2D eigenvalue weighted by atomic mass is 28.3. The maximum absolute atomic E-state index is 5.96. The predicted octanol–water partition coefficient (Wildman–Crippen LogP) is 1.21. The van der Waals surface area contributed by atoms with E-state index in [4.69, 9.17) is 14.6 Å². The first-order chi connectivity index (χ1) is 7.24. The lowest BCUT2D eigenvalue weighted by Gasteiger charge is -2.15. The zero-order valence-electron chi connectivity index (χ0n) is 9.54. The SMILES string of the molecule is CCCc1c(N)cccc1[Si](OC)OC. The number of nitrogen functional groups attached to an aromatic ring is 1. The first kappa shape index (κ1) is 12.2. The van der Waals surface area contributed by atoms with Gasteiger partial charge in [-0.05, 0) is 18.1 Å². The monoisotopic (exact) mass is 224 g/mol. The fourth-order valence-electron chi connectivity index (χ4n) is 1.63. The van der Waals surface area contributed by atoms with Crippen molar-refractivity contribution in [3.63, 3.8) is 0 Å². The Morgan fingerprint density at radius 3 is 2.47 bits per heavy atom. The van der Waals surface area contributed by atoms with Crippen LogP contribution in [0.2, 0.25) is 0 Å². The Labute approximate surface area is 93.0 Å². The van der Waals surface area contributed by atoms with Crippen molar-refractivity contribution < 1.29 is 8.85 Å². The Kier molecular flexibility index (Phi) is 4.81.